The van der Waals surface area contributed by atoms with Gasteiger partial charge in [-0.2, -0.15) is 0 Å². The van der Waals surface area contributed by atoms with E-state index >= 15 is 0 Å². The number of ether oxygens (including phenoxy) is 1. The smallest absolute Gasteiger partial charge is 0.242 e. The Labute approximate surface area is 160 Å². The zero-order chi connectivity index (χ0) is 18.9. The second-order valence-electron chi connectivity index (χ2n) is 8.19. The number of aryl methyl sites for hydroxylation is 1. The molecule has 0 radical (unpaired) electrons. The average molecular weight is 375 g/mol. The van der Waals surface area contributed by atoms with Crippen molar-refractivity contribution in [3.05, 3.63) is 23.7 Å². The second kappa shape index (κ2) is 7.64. The molecule has 3 heterocycles. The van der Waals surface area contributed by atoms with Gasteiger partial charge in [-0.3, -0.25) is 14.5 Å². The molecule has 0 spiro atoms. The van der Waals surface area contributed by atoms with Crippen molar-refractivity contribution in [3.8, 4) is 0 Å². The van der Waals surface area contributed by atoms with Crippen LogP contribution >= 0.6 is 0 Å². The molecule has 7 nitrogen and oxygen atoms in total. The summed E-state index contributed by atoms with van der Waals surface area (Å²) >= 11 is 0. The number of nitrogens with zero attached hydrogens (tertiary/aromatic N) is 2. The van der Waals surface area contributed by atoms with Crippen molar-refractivity contribution in [2.75, 3.05) is 39.4 Å². The summed E-state index contributed by atoms with van der Waals surface area (Å²) in [5.41, 5.74) is 0.207. The summed E-state index contributed by atoms with van der Waals surface area (Å²) in [4.78, 5) is 29.2. The van der Waals surface area contributed by atoms with Crippen LogP contribution in [0.3, 0.4) is 0 Å². The van der Waals surface area contributed by atoms with E-state index in [1.54, 1.807) is 4.90 Å². The van der Waals surface area contributed by atoms with Gasteiger partial charge in [-0.1, -0.05) is 0 Å². The van der Waals surface area contributed by atoms with Gasteiger partial charge in [0.2, 0.25) is 11.8 Å². The molecule has 1 aliphatic carbocycles. The molecule has 0 aromatic carbocycles. The number of hydrogen-bond donors (Lipinski definition) is 1. The van der Waals surface area contributed by atoms with E-state index in [-0.39, 0.29) is 23.3 Å². The molecule has 4 rings (SSSR count). The Morgan fingerprint density at radius 3 is 2.74 bits per heavy atom. The van der Waals surface area contributed by atoms with E-state index in [4.69, 9.17) is 9.15 Å². The lowest BCUT2D eigenvalue weighted by molar-refractivity contribution is -0.136. The Morgan fingerprint density at radius 2 is 2.07 bits per heavy atom. The minimum absolute atomic E-state index is 0.0265. The lowest BCUT2D eigenvalue weighted by Crippen LogP contribution is -2.47. The van der Waals surface area contributed by atoms with E-state index in [2.05, 4.69) is 10.2 Å². The molecule has 27 heavy (non-hydrogen) atoms. The first kappa shape index (κ1) is 18.5. The minimum atomic E-state index is -0.387. The van der Waals surface area contributed by atoms with Gasteiger partial charge in [0.25, 0.3) is 0 Å². The van der Waals surface area contributed by atoms with Crippen LogP contribution in [-0.2, 0) is 20.9 Å². The molecule has 2 saturated heterocycles. The molecule has 1 aromatic heterocycles. The summed E-state index contributed by atoms with van der Waals surface area (Å²) < 4.78 is 11.0. The SMILES string of the molecule is Cc1ccc(CN2C(=O)CCC2C(=O)NCC2(CN3CCOCC3)CC2)o1. The Balaban J connectivity index is 1.31. The van der Waals surface area contributed by atoms with Crippen molar-refractivity contribution in [1.29, 1.82) is 0 Å². The number of likely N-dealkylation sites (tertiary alicyclic amines) is 1. The van der Waals surface area contributed by atoms with Crippen molar-refractivity contribution in [2.24, 2.45) is 5.41 Å². The minimum Gasteiger partial charge on any atom is -0.464 e. The highest BCUT2D eigenvalue weighted by Gasteiger charge is 2.45. The molecule has 3 aliphatic rings. The molecule has 0 bridgehead atoms. The monoisotopic (exact) mass is 375 g/mol. The molecular weight excluding hydrogens is 346 g/mol. The maximum Gasteiger partial charge on any atom is 0.242 e. The van der Waals surface area contributed by atoms with Crippen LogP contribution in [0.5, 0.6) is 0 Å². The molecule has 1 unspecified atom stereocenters. The van der Waals surface area contributed by atoms with Gasteiger partial charge in [-0.05, 0) is 38.3 Å². The van der Waals surface area contributed by atoms with Crippen LogP contribution in [0.15, 0.2) is 16.5 Å². The van der Waals surface area contributed by atoms with E-state index in [9.17, 15) is 9.59 Å². The third-order valence-corrected chi connectivity index (χ3v) is 6.01. The summed E-state index contributed by atoms with van der Waals surface area (Å²) in [6.07, 6.45) is 3.32. The summed E-state index contributed by atoms with van der Waals surface area (Å²) in [6.45, 7) is 7.51. The Morgan fingerprint density at radius 1 is 1.30 bits per heavy atom. The Bertz CT molecular complexity index is 691. The fourth-order valence-electron chi connectivity index (χ4n) is 4.14. The quantitative estimate of drug-likeness (QED) is 0.778. The van der Waals surface area contributed by atoms with Gasteiger partial charge in [0.1, 0.15) is 17.6 Å². The number of furan rings is 1. The number of carbonyl (C=O) groups excluding carboxylic acids is 2. The van der Waals surface area contributed by atoms with Gasteiger partial charge in [-0.25, -0.2) is 0 Å². The zero-order valence-electron chi connectivity index (χ0n) is 16.0. The standard InChI is InChI=1S/C20H29N3O4/c1-15-2-3-16(27-15)12-23-17(4-5-18(23)24)19(25)21-13-20(6-7-20)14-22-8-10-26-11-9-22/h2-3,17H,4-14H2,1H3,(H,21,25). The summed E-state index contributed by atoms with van der Waals surface area (Å²) in [7, 11) is 0. The zero-order valence-corrected chi connectivity index (χ0v) is 16.0. The summed E-state index contributed by atoms with van der Waals surface area (Å²) in [5.74, 6) is 1.54. The van der Waals surface area contributed by atoms with Crippen LogP contribution in [0.4, 0.5) is 0 Å². The van der Waals surface area contributed by atoms with E-state index < -0.39 is 0 Å². The van der Waals surface area contributed by atoms with E-state index in [0.29, 0.717) is 25.9 Å². The van der Waals surface area contributed by atoms with Crippen LogP contribution in [0.2, 0.25) is 0 Å². The molecule has 148 valence electrons. The van der Waals surface area contributed by atoms with Gasteiger partial charge < -0.3 is 19.4 Å². The van der Waals surface area contributed by atoms with Crippen LogP contribution in [0.1, 0.15) is 37.2 Å². The van der Waals surface area contributed by atoms with Crippen molar-refractivity contribution in [1.82, 2.24) is 15.1 Å². The first-order valence-electron chi connectivity index (χ1n) is 9.97. The maximum atomic E-state index is 12.8. The fourth-order valence-corrected chi connectivity index (χ4v) is 4.14. The predicted molar refractivity (Wildman–Crippen MR) is 99.0 cm³/mol. The van der Waals surface area contributed by atoms with Gasteiger partial charge in [0.15, 0.2) is 0 Å². The molecule has 3 fully saturated rings. The van der Waals surface area contributed by atoms with Gasteiger partial charge >= 0.3 is 0 Å². The van der Waals surface area contributed by atoms with Gasteiger partial charge in [0.05, 0.1) is 19.8 Å². The first-order valence-corrected chi connectivity index (χ1v) is 9.97. The van der Waals surface area contributed by atoms with Crippen molar-refractivity contribution in [2.45, 2.75) is 45.2 Å². The van der Waals surface area contributed by atoms with E-state index in [1.807, 2.05) is 19.1 Å². The molecule has 1 N–H and O–H groups in total. The molecule has 1 aromatic rings. The fraction of sp³-hybridized carbons (Fsp3) is 0.700. The Kier molecular flexibility index (Phi) is 5.23. The lowest BCUT2D eigenvalue weighted by atomic mass is 10.1. The van der Waals surface area contributed by atoms with Crippen LogP contribution in [0, 0.1) is 12.3 Å². The average Bonchev–Trinajstić information content (AvgIpc) is 3.15. The number of carbonyl (C=O) groups is 2. The van der Waals surface area contributed by atoms with Crippen LogP contribution in [0.25, 0.3) is 0 Å². The van der Waals surface area contributed by atoms with E-state index in [1.165, 1.54) is 0 Å². The predicted octanol–water partition coefficient (Wildman–Crippen LogP) is 1.31. The van der Waals surface area contributed by atoms with Gasteiger partial charge in [-0.15, -0.1) is 0 Å². The third kappa shape index (κ3) is 4.35. The summed E-state index contributed by atoms with van der Waals surface area (Å²) in [6, 6.07) is 3.37. The Hall–Kier alpha value is -1.86. The lowest BCUT2D eigenvalue weighted by Gasteiger charge is -2.31. The number of hydrogen-bond acceptors (Lipinski definition) is 5. The maximum absolute atomic E-state index is 12.8. The number of amides is 2. The molecule has 1 saturated carbocycles. The normalized spacial score (nSPS) is 25.0. The highest BCUT2D eigenvalue weighted by atomic mass is 16.5. The number of nitrogens with one attached hydrogen (secondary N) is 1. The van der Waals surface area contributed by atoms with Gasteiger partial charge in [0, 0.05) is 38.0 Å². The van der Waals surface area contributed by atoms with Crippen molar-refractivity contribution < 1.29 is 18.7 Å². The molecule has 1 atom stereocenters. The van der Waals surface area contributed by atoms with Crippen LogP contribution in [-0.4, -0.2) is 67.0 Å². The highest BCUT2D eigenvalue weighted by molar-refractivity contribution is 5.90. The van der Waals surface area contributed by atoms with Crippen LogP contribution < -0.4 is 5.32 Å². The van der Waals surface area contributed by atoms with Crippen molar-refractivity contribution >= 4 is 11.8 Å². The van der Waals surface area contributed by atoms with E-state index in [0.717, 1.165) is 57.2 Å². The number of rotatable bonds is 7. The highest BCUT2D eigenvalue weighted by Crippen LogP contribution is 2.45. The summed E-state index contributed by atoms with van der Waals surface area (Å²) in [5, 5.41) is 3.14. The molecule has 2 aliphatic heterocycles. The topological polar surface area (TPSA) is 75.0 Å². The first-order chi connectivity index (χ1) is 13.0. The van der Waals surface area contributed by atoms with Crippen molar-refractivity contribution in [3.63, 3.8) is 0 Å². The molecule has 2 amide bonds. The number of morpholine rings is 1. The third-order valence-electron chi connectivity index (χ3n) is 6.01. The second-order valence-corrected chi connectivity index (χ2v) is 8.19. The largest absolute Gasteiger partial charge is 0.464 e. The molecular formula is C20H29N3O4. The molecule has 7 heteroatoms.